The number of aryl methyl sites for hydroxylation is 1. The molecule has 0 aliphatic carbocycles. The number of nitro groups is 1. The summed E-state index contributed by atoms with van der Waals surface area (Å²) in [5, 5.41) is 16.8. The molecule has 0 heterocycles. The van der Waals surface area contributed by atoms with E-state index in [1.54, 1.807) is 19.1 Å². The van der Waals surface area contributed by atoms with E-state index in [-0.39, 0.29) is 18.1 Å². The molecule has 0 atom stereocenters. The molecule has 0 unspecified atom stereocenters. The van der Waals surface area contributed by atoms with Gasteiger partial charge in [0.25, 0.3) is 5.69 Å². The third-order valence-corrected chi connectivity index (χ3v) is 3.91. The molecule has 8 nitrogen and oxygen atoms in total. The zero-order chi connectivity index (χ0) is 19.3. The second kappa shape index (κ2) is 8.39. The van der Waals surface area contributed by atoms with Crippen molar-refractivity contribution in [2.24, 2.45) is 0 Å². The van der Waals surface area contributed by atoms with E-state index in [9.17, 15) is 14.9 Å². The Bertz CT molecular complexity index is 841. The number of ether oxygens (including phenoxy) is 2. The third-order valence-electron chi connectivity index (χ3n) is 3.62. The first-order valence-electron chi connectivity index (χ1n) is 7.56. The van der Waals surface area contributed by atoms with E-state index < -0.39 is 4.92 Å². The molecule has 138 valence electrons. The second-order valence-electron chi connectivity index (χ2n) is 5.35. The van der Waals surface area contributed by atoms with E-state index in [0.29, 0.717) is 27.9 Å². The van der Waals surface area contributed by atoms with Crippen LogP contribution in [0.3, 0.4) is 0 Å². The molecule has 0 aliphatic rings. The minimum absolute atomic E-state index is 0.0536. The van der Waals surface area contributed by atoms with E-state index >= 15 is 0 Å². The number of hydrogen-bond acceptors (Lipinski definition) is 6. The van der Waals surface area contributed by atoms with Crippen LogP contribution < -0.4 is 20.1 Å². The molecule has 2 aromatic carbocycles. The zero-order valence-corrected chi connectivity index (χ0v) is 15.2. The van der Waals surface area contributed by atoms with E-state index in [1.165, 1.54) is 32.4 Å². The molecule has 1 amide bonds. The standard InChI is InChI=1S/C17H18ClN3O5/c1-10-4-5-11(21(23)24)6-13(10)19-9-17(22)20-14-7-12(18)15(25-2)8-16(14)26-3/h4-8,19H,9H2,1-3H3,(H,20,22). The fraction of sp³-hybridized carbons (Fsp3) is 0.235. The van der Waals surface area contributed by atoms with Gasteiger partial charge in [0.2, 0.25) is 5.91 Å². The molecular formula is C17H18ClN3O5. The van der Waals surface area contributed by atoms with Gasteiger partial charge < -0.3 is 20.1 Å². The van der Waals surface area contributed by atoms with Crippen LogP contribution in [0.5, 0.6) is 11.5 Å². The van der Waals surface area contributed by atoms with Crippen LogP contribution in [0.15, 0.2) is 30.3 Å². The lowest BCUT2D eigenvalue weighted by atomic mass is 10.2. The molecule has 0 aromatic heterocycles. The first-order chi connectivity index (χ1) is 12.3. The number of anilines is 2. The molecule has 0 spiro atoms. The molecule has 0 saturated carbocycles. The van der Waals surface area contributed by atoms with Crippen molar-refractivity contribution in [3.05, 3.63) is 51.0 Å². The van der Waals surface area contributed by atoms with Gasteiger partial charge in [0.15, 0.2) is 0 Å². The van der Waals surface area contributed by atoms with Gasteiger partial charge >= 0.3 is 0 Å². The molecule has 2 rings (SSSR count). The Kier molecular flexibility index (Phi) is 6.24. The summed E-state index contributed by atoms with van der Waals surface area (Å²) in [4.78, 5) is 22.6. The highest BCUT2D eigenvalue weighted by Crippen LogP contribution is 2.35. The summed E-state index contributed by atoms with van der Waals surface area (Å²) in [6.07, 6.45) is 0. The maximum atomic E-state index is 12.2. The summed E-state index contributed by atoms with van der Waals surface area (Å²) >= 11 is 6.07. The number of nitrogens with one attached hydrogen (secondary N) is 2. The number of carbonyl (C=O) groups is 1. The Morgan fingerprint density at radius 1 is 1.15 bits per heavy atom. The zero-order valence-electron chi connectivity index (χ0n) is 14.5. The number of benzene rings is 2. The fourth-order valence-corrected chi connectivity index (χ4v) is 2.48. The smallest absolute Gasteiger partial charge is 0.271 e. The lowest BCUT2D eigenvalue weighted by molar-refractivity contribution is -0.384. The van der Waals surface area contributed by atoms with E-state index in [1.807, 2.05) is 0 Å². The van der Waals surface area contributed by atoms with Crippen LogP contribution in [0.4, 0.5) is 17.1 Å². The number of carbonyl (C=O) groups excluding carboxylic acids is 1. The SMILES string of the molecule is COc1cc(OC)c(NC(=O)CNc2cc([N+](=O)[O-])ccc2C)cc1Cl. The third kappa shape index (κ3) is 4.54. The van der Waals surface area contributed by atoms with Gasteiger partial charge in [-0.25, -0.2) is 0 Å². The number of methoxy groups -OCH3 is 2. The topological polar surface area (TPSA) is 103 Å². The monoisotopic (exact) mass is 379 g/mol. The van der Waals surface area contributed by atoms with Gasteiger partial charge in [-0.1, -0.05) is 17.7 Å². The predicted octanol–water partition coefficient (Wildman–Crippen LogP) is 3.62. The number of nitrogens with zero attached hydrogens (tertiary/aromatic N) is 1. The molecule has 9 heteroatoms. The molecule has 0 fully saturated rings. The summed E-state index contributed by atoms with van der Waals surface area (Å²) < 4.78 is 10.3. The lowest BCUT2D eigenvalue weighted by Gasteiger charge is -2.14. The van der Waals surface area contributed by atoms with Crippen molar-refractivity contribution in [2.45, 2.75) is 6.92 Å². The number of hydrogen-bond donors (Lipinski definition) is 2. The Morgan fingerprint density at radius 2 is 1.85 bits per heavy atom. The quantitative estimate of drug-likeness (QED) is 0.562. The first kappa shape index (κ1) is 19.3. The van der Waals surface area contributed by atoms with Crippen molar-refractivity contribution >= 4 is 34.6 Å². The van der Waals surface area contributed by atoms with Crippen molar-refractivity contribution in [1.82, 2.24) is 0 Å². The Labute approximate surface area is 155 Å². The first-order valence-corrected chi connectivity index (χ1v) is 7.93. The molecule has 0 radical (unpaired) electrons. The van der Waals surface area contributed by atoms with Gasteiger partial charge in [-0.05, 0) is 18.6 Å². The van der Waals surface area contributed by atoms with Crippen LogP contribution in [-0.2, 0) is 4.79 Å². The van der Waals surface area contributed by atoms with E-state index in [2.05, 4.69) is 10.6 Å². The van der Waals surface area contributed by atoms with E-state index in [4.69, 9.17) is 21.1 Å². The fourth-order valence-electron chi connectivity index (χ4n) is 2.24. The van der Waals surface area contributed by atoms with Crippen LogP contribution in [0.2, 0.25) is 5.02 Å². The Hall–Kier alpha value is -3.00. The summed E-state index contributed by atoms with van der Waals surface area (Å²) in [5.74, 6) is 0.452. The molecule has 0 saturated heterocycles. The van der Waals surface area contributed by atoms with Crippen molar-refractivity contribution in [2.75, 3.05) is 31.4 Å². The van der Waals surface area contributed by atoms with Crippen LogP contribution in [0, 0.1) is 17.0 Å². The summed E-state index contributed by atoms with van der Waals surface area (Å²) in [7, 11) is 2.94. The average molecular weight is 380 g/mol. The van der Waals surface area contributed by atoms with Crippen molar-refractivity contribution in [1.29, 1.82) is 0 Å². The highest BCUT2D eigenvalue weighted by Gasteiger charge is 2.14. The van der Waals surface area contributed by atoms with Gasteiger partial charge in [0.1, 0.15) is 11.5 Å². The minimum atomic E-state index is -0.491. The number of nitro benzene ring substituents is 1. The molecule has 0 aliphatic heterocycles. The van der Waals surface area contributed by atoms with E-state index in [0.717, 1.165) is 5.56 Å². The van der Waals surface area contributed by atoms with Crippen molar-refractivity contribution < 1.29 is 19.2 Å². The molecule has 2 N–H and O–H groups in total. The predicted molar refractivity (Wildman–Crippen MR) is 99.5 cm³/mol. The lowest BCUT2D eigenvalue weighted by Crippen LogP contribution is -2.22. The molecule has 26 heavy (non-hydrogen) atoms. The maximum Gasteiger partial charge on any atom is 0.271 e. The Balaban J connectivity index is 2.09. The van der Waals surface area contributed by atoms with Crippen LogP contribution >= 0.6 is 11.6 Å². The van der Waals surface area contributed by atoms with Crippen LogP contribution in [-0.4, -0.2) is 31.6 Å². The van der Waals surface area contributed by atoms with Crippen molar-refractivity contribution in [3.8, 4) is 11.5 Å². The summed E-state index contributed by atoms with van der Waals surface area (Å²) in [6.45, 7) is 1.70. The number of non-ortho nitro benzene ring substituents is 1. The number of rotatable bonds is 7. The highest BCUT2D eigenvalue weighted by atomic mass is 35.5. The minimum Gasteiger partial charge on any atom is -0.495 e. The van der Waals surface area contributed by atoms with Crippen LogP contribution in [0.25, 0.3) is 0 Å². The van der Waals surface area contributed by atoms with Gasteiger partial charge in [-0.3, -0.25) is 14.9 Å². The second-order valence-corrected chi connectivity index (χ2v) is 5.75. The summed E-state index contributed by atoms with van der Waals surface area (Å²) in [6, 6.07) is 7.49. The van der Waals surface area contributed by atoms with Gasteiger partial charge in [-0.2, -0.15) is 0 Å². The molecule has 2 aromatic rings. The average Bonchev–Trinajstić information content (AvgIpc) is 2.61. The van der Waals surface area contributed by atoms with Crippen molar-refractivity contribution in [3.63, 3.8) is 0 Å². The normalized spacial score (nSPS) is 10.2. The summed E-state index contributed by atoms with van der Waals surface area (Å²) in [5.41, 5.74) is 1.63. The molecule has 0 bridgehead atoms. The van der Waals surface area contributed by atoms with Gasteiger partial charge in [0, 0.05) is 23.9 Å². The van der Waals surface area contributed by atoms with Gasteiger partial charge in [-0.15, -0.1) is 0 Å². The number of halogens is 1. The van der Waals surface area contributed by atoms with Crippen LogP contribution in [0.1, 0.15) is 5.56 Å². The van der Waals surface area contributed by atoms with Gasteiger partial charge in [0.05, 0.1) is 36.4 Å². The number of amides is 1. The molecular weight excluding hydrogens is 362 g/mol. The largest absolute Gasteiger partial charge is 0.495 e. The maximum absolute atomic E-state index is 12.2. The highest BCUT2D eigenvalue weighted by molar-refractivity contribution is 6.32. The Morgan fingerprint density at radius 3 is 2.46 bits per heavy atom.